The van der Waals surface area contributed by atoms with E-state index in [0.29, 0.717) is 0 Å². The molecule has 2 heterocycles. The number of hydrogen-bond acceptors (Lipinski definition) is 3. The molecule has 0 saturated heterocycles. The van der Waals surface area contributed by atoms with Gasteiger partial charge in [0.05, 0.1) is 5.69 Å². The van der Waals surface area contributed by atoms with Crippen molar-refractivity contribution in [2.45, 2.75) is 0 Å². The smallest absolute Gasteiger partial charge is 0.159 e. The molecule has 0 unspecified atom stereocenters. The van der Waals surface area contributed by atoms with Gasteiger partial charge in [-0.25, -0.2) is 0 Å². The molecule has 0 bridgehead atoms. The van der Waals surface area contributed by atoms with E-state index in [2.05, 4.69) is 181 Å². The summed E-state index contributed by atoms with van der Waals surface area (Å²) in [4.78, 5) is 2.35. The standard InChI is InChI=1S/C48H29NOS/c1-3-10-37-31(8-1)16-17-33-20-25-36(29-43(33)37)49(44-14-7-13-41-42-27-21-32-9-2-4-11-38(32)47(42)50-48(41)44)35-23-18-30(19-24-35)34-22-26-40-39-12-5-6-15-45(39)51-46(40)28-34/h1-29H. The van der Waals surface area contributed by atoms with Crippen LogP contribution in [-0.2, 0) is 0 Å². The number of hydrogen-bond donors (Lipinski definition) is 0. The van der Waals surface area contributed by atoms with Crippen LogP contribution in [0.2, 0.25) is 0 Å². The molecule has 2 nitrogen and oxygen atoms in total. The lowest BCUT2D eigenvalue weighted by molar-refractivity contribution is 0.673. The number of rotatable bonds is 4. The number of fused-ring (bicyclic) bond motifs is 11. The van der Waals surface area contributed by atoms with E-state index < -0.39 is 0 Å². The van der Waals surface area contributed by atoms with Gasteiger partial charge in [0.2, 0.25) is 0 Å². The van der Waals surface area contributed by atoms with E-state index in [9.17, 15) is 0 Å². The maximum atomic E-state index is 6.90. The Morgan fingerprint density at radius 2 is 0.941 bits per heavy atom. The molecule has 9 aromatic carbocycles. The Kier molecular flexibility index (Phi) is 6.16. The van der Waals surface area contributed by atoms with Crippen LogP contribution in [0.3, 0.4) is 0 Å². The molecule has 0 radical (unpaired) electrons. The lowest BCUT2D eigenvalue weighted by Crippen LogP contribution is -2.10. The summed E-state index contributed by atoms with van der Waals surface area (Å²) in [6.45, 7) is 0. The predicted octanol–water partition coefficient (Wildman–Crippen LogP) is 14.6. The molecule has 0 fully saturated rings. The summed E-state index contributed by atoms with van der Waals surface area (Å²) in [5, 5.41) is 12.1. The molecule has 11 aromatic rings. The van der Waals surface area contributed by atoms with Crippen molar-refractivity contribution < 1.29 is 4.42 Å². The van der Waals surface area contributed by atoms with Crippen LogP contribution >= 0.6 is 11.3 Å². The van der Waals surface area contributed by atoms with E-state index in [1.807, 2.05) is 11.3 Å². The van der Waals surface area contributed by atoms with Gasteiger partial charge in [-0.2, -0.15) is 0 Å². The number of thiophene rings is 1. The van der Waals surface area contributed by atoms with Gasteiger partial charge >= 0.3 is 0 Å². The SMILES string of the molecule is c1ccc2c(c1)ccc1ccc(N(c3ccc(-c4ccc5c(c4)sc4ccccc45)cc3)c3cccc4c3oc3c5ccccc5ccc43)cc12. The lowest BCUT2D eigenvalue weighted by Gasteiger charge is -2.26. The number of furan rings is 1. The third kappa shape index (κ3) is 4.42. The van der Waals surface area contributed by atoms with E-state index >= 15 is 0 Å². The van der Waals surface area contributed by atoms with Gasteiger partial charge in [-0.05, 0) is 86.6 Å². The molecule has 11 rings (SSSR count). The minimum absolute atomic E-state index is 0.876. The van der Waals surface area contributed by atoms with Gasteiger partial charge in [-0.3, -0.25) is 0 Å². The maximum Gasteiger partial charge on any atom is 0.159 e. The highest BCUT2D eigenvalue weighted by atomic mass is 32.1. The molecule has 0 saturated carbocycles. The number of anilines is 3. The Morgan fingerprint density at radius 3 is 1.80 bits per heavy atom. The van der Waals surface area contributed by atoms with Gasteiger partial charge in [-0.15, -0.1) is 11.3 Å². The first-order chi connectivity index (χ1) is 25.3. The van der Waals surface area contributed by atoms with Crippen molar-refractivity contribution in [1.82, 2.24) is 0 Å². The average Bonchev–Trinajstić information content (AvgIpc) is 3.77. The first kappa shape index (κ1) is 28.4. The molecule has 0 spiro atoms. The summed E-state index contributed by atoms with van der Waals surface area (Å²) in [5.74, 6) is 0. The summed E-state index contributed by atoms with van der Waals surface area (Å²) in [6.07, 6.45) is 0. The fourth-order valence-electron chi connectivity index (χ4n) is 7.95. The van der Waals surface area contributed by atoms with E-state index in [-0.39, 0.29) is 0 Å². The quantitative estimate of drug-likeness (QED) is 0.174. The minimum Gasteiger partial charge on any atom is -0.453 e. The molecule has 238 valence electrons. The second-order valence-corrected chi connectivity index (χ2v) is 14.4. The average molecular weight is 668 g/mol. The van der Waals surface area contributed by atoms with Crippen molar-refractivity contribution in [3.05, 3.63) is 176 Å². The molecule has 0 amide bonds. The first-order valence-electron chi connectivity index (χ1n) is 17.3. The Balaban J connectivity index is 1.11. The van der Waals surface area contributed by atoms with Gasteiger partial charge in [0.1, 0.15) is 5.58 Å². The summed E-state index contributed by atoms with van der Waals surface area (Å²) < 4.78 is 9.53. The van der Waals surface area contributed by atoms with Crippen molar-refractivity contribution in [3.8, 4) is 11.1 Å². The van der Waals surface area contributed by atoms with Gasteiger partial charge < -0.3 is 9.32 Å². The van der Waals surface area contributed by atoms with E-state index in [4.69, 9.17) is 4.42 Å². The van der Waals surface area contributed by atoms with Crippen molar-refractivity contribution in [2.75, 3.05) is 4.90 Å². The van der Waals surface area contributed by atoms with Crippen LogP contribution in [0.4, 0.5) is 17.1 Å². The zero-order valence-corrected chi connectivity index (χ0v) is 28.3. The summed E-state index contributed by atoms with van der Waals surface area (Å²) in [5.41, 5.74) is 7.36. The molecular weight excluding hydrogens is 639 g/mol. The molecule has 0 atom stereocenters. The van der Waals surface area contributed by atoms with Crippen LogP contribution in [0.5, 0.6) is 0 Å². The van der Waals surface area contributed by atoms with Crippen molar-refractivity contribution in [2.24, 2.45) is 0 Å². The summed E-state index contributed by atoms with van der Waals surface area (Å²) in [7, 11) is 0. The zero-order chi connectivity index (χ0) is 33.5. The normalized spacial score (nSPS) is 11.9. The van der Waals surface area contributed by atoms with Gasteiger partial charge in [0.25, 0.3) is 0 Å². The van der Waals surface area contributed by atoms with Crippen LogP contribution in [0.25, 0.3) is 85.6 Å². The molecule has 2 aromatic heterocycles. The van der Waals surface area contributed by atoms with Gasteiger partial charge in [0.15, 0.2) is 5.58 Å². The third-order valence-corrected chi connectivity index (χ3v) is 11.6. The monoisotopic (exact) mass is 667 g/mol. The molecule has 3 heteroatoms. The van der Waals surface area contributed by atoms with Crippen LogP contribution in [-0.4, -0.2) is 0 Å². The largest absolute Gasteiger partial charge is 0.453 e. The number of para-hydroxylation sites is 1. The second-order valence-electron chi connectivity index (χ2n) is 13.3. The fourth-order valence-corrected chi connectivity index (χ4v) is 9.10. The fraction of sp³-hybridized carbons (Fsp3) is 0. The van der Waals surface area contributed by atoms with Crippen molar-refractivity contribution in [3.63, 3.8) is 0 Å². The Bertz CT molecular complexity index is 3150. The molecule has 51 heavy (non-hydrogen) atoms. The zero-order valence-electron chi connectivity index (χ0n) is 27.5. The molecule has 0 aliphatic carbocycles. The van der Waals surface area contributed by atoms with Crippen molar-refractivity contribution >= 4 is 103 Å². The van der Waals surface area contributed by atoms with E-state index in [1.165, 1.54) is 58.2 Å². The molecule has 0 N–H and O–H groups in total. The van der Waals surface area contributed by atoms with Crippen molar-refractivity contribution in [1.29, 1.82) is 0 Å². The molecule has 0 aliphatic heterocycles. The van der Waals surface area contributed by atoms with E-state index in [1.54, 1.807) is 0 Å². The molecule has 0 aliphatic rings. The lowest BCUT2D eigenvalue weighted by atomic mass is 10.0. The topological polar surface area (TPSA) is 16.4 Å². The Hall–Kier alpha value is -6.42. The van der Waals surface area contributed by atoms with Gasteiger partial charge in [-0.1, -0.05) is 127 Å². The predicted molar refractivity (Wildman–Crippen MR) is 219 cm³/mol. The highest BCUT2D eigenvalue weighted by Gasteiger charge is 2.21. The van der Waals surface area contributed by atoms with Gasteiger partial charge in [0, 0.05) is 47.7 Å². The first-order valence-corrected chi connectivity index (χ1v) is 18.1. The highest BCUT2D eigenvalue weighted by Crippen LogP contribution is 2.45. The number of nitrogens with zero attached hydrogens (tertiary/aromatic N) is 1. The maximum absolute atomic E-state index is 6.90. The highest BCUT2D eigenvalue weighted by molar-refractivity contribution is 7.25. The Labute approximate surface area is 298 Å². The summed E-state index contributed by atoms with van der Waals surface area (Å²) in [6, 6.07) is 63.8. The third-order valence-electron chi connectivity index (χ3n) is 10.4. The van der Waals surface area contributed by atoms with Crippen LogP contribution in [0.1, 0.15) is 0 Å². The van der Waals surface area contributed by atoms with E-state index in [0.717, 1.165) is 44.4 Å². The Morgan fingerprint density at radius 1 is 0.353 bits per heavy atom. The van der Waals surface area contributed by atoms with Crippen LogP contribution in [0, 0.1) is 0 Å². The minimum atomic E-state index is 0.876. The summed E-state index contributed by atoms with van der Waals surface area (Å²) >= 11 is 1.86. The van der Waals surface area contributed by atoms with Crippen LogP contribution in [0.15, 0.2) is 180 Å². The second kappa shape index (κ2) is 11.0. The van der Waals surface area contributed by atoms with Crippen LogP contribution < -0.4 is 4.90 Å². The number of benzene rings is 9. The molecular formula is C48H29NOS.